The van der Waals surface area contributed by atoms with E-state index in [1.54, 1.807) is 0 Å². The molecule has 1 atom stereocenters. The summed E-state index contributed by atoms with van der Waals surface area (Å²) in [5, 5.41) is 0. The third-order valence-electron chi connectivity index (χ3n) is 2.91. The molecule has 0 aliphatic rings. The predicted molar refractivity (Wildman–Crippen MR) is 77.2 cm³/mol. The van der Waals surface area contributed by atoms with Gasteiger partial charge in [0.25, 0.3) is 0 Å². The molecule has 0 spiro atoms. The molecule has 1 aromatic carbocycles. The number of rotatable bonds is 8. The van der Waals surface area contributed by atoms with Gasteiger partial charge in [-0.2, -0.15) is 0 Å². The standard InChI is InChI=1S/C15H23BrO/c1-3-4-5-6-7-13(2)17-12-14-8-10-15(16)11-9-14/h8-11,13H,3-7,12H2,1-2H3/t13-/m1/s1. The zero-order chi connectivity index (χ0) is 12.5. The minimum Gasteiger partial charge on any atom is -0.374 e. The van der Waals surface area contributed by atoms with E-state index in [2.05, 4.69) is 54.0 Å². The van der Waals surface area contributed by atoms with Crippen molar-refractivity contribution in [3.63, 3.8) is 0 Å². The van der Waals surface area contributed by atoms with Gasteiger partial charge in [-0.1, -0.05) is 60.7 Å². The molecular weight excluding hydrogens is 276 g/mol. The number of ether oxygens (including phenoxy) is 1. The first-order valence-electron chi connectivity index (χ1n) is 6.58. The van der Waals surface area contributed by atoms with Crippen molar-refractivity contribution in [2.75, 3.05) is 0 Å². The fourth-order valence-electron chi connectivity index (χ4n) is 1.76. The molecule has 0 aliphatic carbocycles. The van der Waals surface area contributed by atoms with Crippen LogP contribution in [0.15, 0.2) is 28.7 Å². The molecule has 96 valence electrons. The zero-order valence-electron chi connectivity index (χ0n) is 10.9. The molecule has 0 saturated carbocycles. The Hall–Kier alpha value is -0.340. The van der Waals surface area contributed by atoms with Gasteiger partial charge in [0.05, 0.1) is 12.7 Å². The summed E-state index contributed by atoms with van der Waals surface area (Å²) in [5.74, 6) is 0. The molecule has 0 heterocycles. The number of hydrogen-bond donors (Lipinski definition) is 0. The molecule has 1 rings (SSSR count). The fraction of sp³-hybridized carbons (Fsp3) is 0.600. The summed E-state index contributed by atoms with van der Waals surface area (Å²) in [7, 11) is 0. The first-order valence-corrected chi connectivity index (χ1v) is 7.37. The van der Waals surface area contributed by atoms with E-state index in [9.17, 15) is 0 Å². The summed E-state index contributed by atoms with van der Waals surface area (Å²) in [6.45, 7) is 5.14. The molecule has 0 radical (unpaired) electrons. The summed E-state index contributed by atoms with van der Waals surface area (Å²) in [5.41, 5.74) is 1.24. The fourth-order valence-corrected chi connectivity index (χ4v) is 2.03. The second-order valence-corrected chi connectivity index (χ2v) is 5.51. The average Bonchev–Trinajstić information content (AvgIpc) is 2.34. The Morgan fingerprint density at radius 1 is 1.12 bits per heavy atom. The van der Waals surface area contributed by atoms with E-state index >= 15 is 0 Å². The highest BCUT2D eigenvalue weighted by atomic mass is 79.9. The van der Waals surface area contributed by atoms with E-state index in [-0.39, 0.29) is 0 Å². The van der Waals surface area contributed by atoms with Crippen molar-refractivity contribution in [2.45, 2.75) is 58.7 Å². The highest BCUT2D eigenvalue weighted by Gasteiger charge is 2.02. The summed E-state index contributed by atoms with van der Waals surface area (Å²) in [4.78, 5) is 0. The smallest absolute Gasteiger partial charge is 0.0720 e. The lowest BCUT2D eigenvalue weighted by atomic mass is 10.1. The predicted octanol–water partition coefficient (Wildman–Crippen LogP) is 5.32. The van der Waals surface area contributed by atoms with Crippen LogP contribution in [-0.2, 0) is 11.3 Å². The molecule has 0 amide bonds. The minimum atomic E-state index is 0.371. The number of unbranched alkanes of at least 4 members (excludes halogenated alkanes) is 3. The summed E-state index contributed by atoms with van der Waals surface area (Å²) in [6.07, 6.45) is 6.82. The Balaban J connectivity index is 2.14. The second-order valence-electron chi connectivity index (χ2n) is 4.60. The second kappa shape index (κ2) is 8.71. The van der Waals surface area contributed by atoms with E-state index in [1.807, 2.05) is 0 Å². The summed E-state index contributed by atoms with van der Waals surface area (Å²) >= 11 is 3.43. The van der Waals surface area contributed by atoms with Crippen LogP contribution in [0.25, 0.3) is 0 Å². The van der Waals surface area contributed by atoms with Crippen molar-refractivity contribution in [1.82, 2.24) is 0 Å². The van der Waals surface area contributed by atoms with Crippen LogP contribution in [0.3, 0.4) is 0 Å². The van der Waals surface area contributed by atoms with Gasteiger partial charge in [0.1, 0.15) is 0 Å². The van der Waals surface area contributed by atoms with E-state index < -0.39 is 0 Å². The van der Waals surface area contributed by atoms with Crippen molar-refractivity contribution in [3.05, 3.63) is 34.3 Å². The number of halogens is 1. The molecule has 2 heteroatoms. The van der Waals surface area contributed by atoms with Gasteiger partial charge in [0, 0.05) is 4.47 Å². The van der Waals surface area contributed by atoms with Crippen LogP contribution in [0.2, 0.25) is 0 Å². The van der Waals surface area contributed by atoms with Crippen LogP contribution >= 0.6 is 15.9 Å². The van der Waals surface area contributed by atoms with E-state index in [1.165, 1.54) is 37.7 Å². The average molecular weight is 299 g/mol. The van der Waals surface area contributed by atoms with Gasteiger partial charge in [-0.3, -0.25) is 0 Å². The van der Waals surface area contributed by atoms with Crippen LogP contribution in [-0.4, -0.2) is 6.10 Å². The normalized spacial score (nSPS) is 12.6. The van der Waals surface area contributed by atoms with Crippen LogP contribution in [0.5, 0.6) is 0 Å². The molecule has 0 N–H and O–H groups in total. The molecule has 1 nitrogen and oxygen atoms in total. The van der Waals surface area contributed by atoms with Crippen molar-refractivity contribution < 1.29 is 4.74 Å². The zero-order valence-corrected chi connectivity index (χ0v) is 12.5. The third kappa shape index (κ3) is 6.85. The van der Waals surface area contributed by atoms with Crippen LogP contribution in [0, 0.1) is 0 Å². The van der Waals surface area contributed by atoms with E-state index in [4.69, 9.17) is 4.74 Å². The van der Waals surface area contributed by atoms with Gasteiger partial charge < -0.3 is 4.74 Å². The first-order chi connectivity index (χ1) is 8.22. The maximum atomic E-state index is 5.83. The topological polar surface area (TPSA) is 9.23 Å². The lowest BCUT2D eigenvalue weighted by molar-refractivity contribution is 0.0459. The van der Waals surface area contributed by atoms with E-state index in [0.29, 0.717) is 6.10 Å². The molecule has 0 aliphatic heterocycles. The van der Waals surface area contributed by atoms with Gasteiger partial charge in [0.15, 0.2) is 0 Å². The van der Waals surface area contributed by atoms with Crippen LogP contribution in [0.4, 0.5) is 0 Å². The molecule has 0 fully saturated rings. The van der Waals surface area contributed by atoms with Gasteiger partial charge in [-0.05, 0) is 31.0 Å². The van der Waals surface area contributed by atoms with Crippen molar-refractivity contribution in [2.24, 2.45) is 0 Å². The monoisotopic (exact) mass is 298 g/mol. The molecule has 0 unspecified atom stereocenters. The summed E-state index contributed by atoms with van der Waals surface area (Å²) in [6, 6.07) is 8.33. The molecular formula is C15H23BrO. The first kappa shape index (κ1) is 14.7. The van der Waals surface area contributed by atoms with Gasteiger partial charge in [0.2, 0.25) is 0 Å². The maximum Gasteiger partial charge on any atom is 0.0720 e. The van der Waals surface area contributed by atoms with Crippen molar-refractivity contribution in [3.8, 4) is 0 Å². The number of hydrogen-bond acceptors (Lipinski definition) is 1. The largest absolute Gasteiger partial charge is 0.374 e. The molecule has 17 heavy (non-hydrogen) atoms. The Morgan fingerprint density at radius 2 is 1.82 bits per heavy atom. The van der Waals surface area contributed by atoms with Gasteiger partial charge in [-0.15, -0.1) is 0 Å². The maximum absolute atomic E-state index is 5.83. The van der Waals surface area contributed by atoms with Crippen LogP contribution < -0.4 is 0 Å². The van der Waals surface area contributed by atoms with Gasteiger partial charge in [-0.25, -0.2) is 0 Å². The lowest BCUT2D eigenvalue weighted by Gasteiger charge is -2.13. The molecule has 0 aromatic heterocycles. The quantitative estimate of drug-likeness (QED) is 0.590. The van der Waals surface area contributed by atoms with Gasteiger partial charge >= 0.3 is 0 Å². The Kier molecular flexibility index (Phi) is 7.54. The Bertz CT molecular complexity index is 294. The Morgan fingerprint density at radius 3 is 2.47 bits per heavy atom. The lowest BCUT2D eigenvalue weighted by Crippen LogP contribution is -2.07. The SMILES string of the molecule is CCCCCC[C@@H](C)OCc1ccc(Br)cc1. The third-order valence-corrected chi connectivity index (χ3v) is 3.44. The van der Waals surface area contributed by atoms with Crippen molar-refractivity contribution in [1.29, 1.82) is 0 Å². The highest BCUT2D eigenvalue weighted by Crippen LogP contribution is 2.13. The minimum absolute atomic E-state index is 0.371. The Labute approximate surface area is 114 Å². The highest BCUT2D eigenvalue weighted by molar-refractivity contribution is 9.10. The number of benzene rings is 1. The molecule has 1 aromatic rings. The van der Waals surface area contributed by atoms with Crippen LogP contribution in [0.1, 0.15) is 51.5 Å². The molecule has 0 saturated heterocycles. The van der Waals surface area contributed by atoms with E-state index in [0.717, 1.165) is 11.1 Å². The van der Waals surface area contributed by atoms with Crippen molar-refractivity contribution >= 4 is 15.9 Å². The molecule has 0 bridgehead atoms. The summed E-state index contributed by atoms with van der Waals surface area (Å²) < 4.78 is 6.95.